The van der Waals surface area contributed by atoms with Crippen LogP contribution in [0.2, 0.25) is 0 Å². The summed E-state index contributed by atoms with van der Waals surface area (Å²) in [4.78, 5) is 0. The summed E-state index contributed by atoms with van der Waals surface area (Å²) in [6, 6.07) is 32.7. The molecule has 0 amide bonds. The number of benzene rings is 3. The molecule has 1 aliphatic rings. The summed E-state index contributed by atoms with van der Waals surface area (Å²) in [5.74, 6) is 1.11. The van der Waals surface area contributed by atoms with Crippen molar-refractivity contribution in [3.05, 3.63) is 108 Å². The average Bonchev–Trinajstić information content (AvgIpc) is 2.82. The van der Waals surface area contributed by atoms with Crippen LogP contribution in [-0.2, 0) is 14.2 Å². The molecular weight excluding hydrogens is 400 g/mol. The first-order chi connectivity index (χ1) is 15.1. The number of thioether (sulfide) groups is 1. The third-order valence-electron chi connectivity index (χ3n) is 5.95. The molecule has 31 heavy (non-hydrogen) atoms. The van der Waals surface area contributed by atoms with Crippen LogP contribution in [-0.4, -0.2) is 24.8 Å². The van der Waals surface area contributed by atoms with Gasteiger partial charge in [-0.15, -0.1) is 11.8 Å². The molecule has 162 valence electrons. The quantitative estimate of drug-likeness (QED) is 0.285. The zero-order valence-corrected chi connectivity index (χ0v) is 19.3. The highest BCUT2D eigenvalue weighted by Gasteiger charge is 2.36. The van der Waals surface area contributed by atoms with Crippen molar-refractivity contribution in [2.75, 3.05) is 19.0 Å². The smallest absolute Gasteiger partial charge is 0.162 e. The molecule has 0 spiro atoms. The van der Waals surface area contributed by atoms with Crippen LogP contribution in [0.3, 0.4) is 0 Å². The van der Waals surface area contributed by atoms with E-state index >= 15 is 0 Å². The molecule has 2 nitrogen and oxygen atoms in total. The zero-order valence-electron chi connectivity index (χ0n) is 18.5. The van der Waals surface area contributed by atoms with Gasteiger partial charge in [0.1, 0.15) is 0 Å². The van der Waals surface area contributed by atoms with Gasteiger partial charge in [-0.2, -0.15) is 0 Å². The van der Waals surface area contributed by atoms with Crippen LogP contribution in [0.1, 0.15) is 43.4 Å². The second-order valence-corrected chi connectivity index (χ2v) is 9.97. The summed E-state index contributed by atoms with van der Waals surface area (Å²) < 4.78 is 11.5. The van der Waals surface area contributed by atoms with E-state index in [4.69, 9.17) is 9.47 Å². The molecule has 1 aliphatic heterocycles. The Hall–Kier alpha value is -2.07. The molecule has 3 heteroatoms. The molecule has 3 aromatic rings. The van der Waals surface area contributed by atoms with Crippen molar-refractivity contribution in [2.24, 2.45) is 5.92 Å². The van der Waals surface area contributed by atoms with E-state index in [0.29, 0.717) is 5.92 Å². The maximum Gasteiger partial charge on any atom is 0.162 e. The predicted molar refractivity (Wildman–Crippen MR) is 130 cm³/mol. The topological polar surface area (TPSA) is 18.5 Å². The summed E-state index contributed by atoms with van der Waals surface area (Å²) >= 11 is 2.04. The molecule has 1 fully saturated rings. The van der Waals surface area contributed by atoms with Crippen LogP contribution in [0.4, 0.5) is 0 Å². The first-order valence-electron chi connectivity index (χ1n) is 11.2. The lowest BCUT2D eigenvalue weighted by Gasteiger charge is -2.36. The molecule has 0 bridgehead atoms. The van der Waals surface area contributed by atoms with E-state index in [1.165, 1.54) is 16.7 Å². The number of rotatable bonds is 8. The summed E-state index contributed by atoms with van der Waals surface area (Å²) in [5, 5.41) is 0. The third-order valence-corrected chi connectivity index (χ3v) is 7.58. The van der Waals surface area contributed by atoms with E-state index in [9.17, 15) is 0 Å². The highest BCUT2D eigenvalue weighted by molar-refractivity contribution is 8.00. The fourth-order valence-corrected chi connectivity index (χ4v) is 5.78. The molecule has 0 atom stereocenters. The summed E-state index contributed by atoms with van der Waals surface area (Å²) in [6.45, 7) is 5.57. The van der Waals surface area contributed by atoms with Crippen molar-refractivity contribution < 1.29 is 9.47 Å². The number of hydrogen-bond acceptors (Lipinski definition) is 3. The van der Waals surface area contributed by atoms with Gasteiger partial charge in [0.25, 0.3) is 0 Å². The minimum atomic E-state index is -0.436. The molecule has 4 rings (SSSR count). The van der Waals surface area contributed by atoms with Gasteiger partial charge in [-0.05, 0) is 49.1 Å². The van der Waals surface area contributed by atoms with Gasteiger partial charge in [-0.1, -0.05) is 91.0 Å². The minimum absolute atomic E-state index is 0.231. The molecular formula is C28H32O2S. The molecule has 0 radical (unpaired) electrons. The Labute approximate surface area is 191 Å². The summed E-state index contributed by atoms with van der Waals surface area (Å²) in [6.07, 6.45) is 2.26. The zero-order chi connectivity index (χ0) is 21.6. The van der Waals surface area contributed by atoms with Crippen molar-refractivity contribution in [1.29, 1.82) is 0 Å². The highest BCUT2D eigenvalue weighted by Crippen LogP contribution is 2.48. The van der Waals surface area contributed by atoms with Crippen molar-refractivity contribution >= 4 is 11.8 Å². The largest absolute Gasteiger partial charge is 0.350 e. The van der Waals surface area contributed by atoms with Crippen molar-refractivity contribution in [3.63, 3.8) is 0 Å². The Morgan fingerprint density at radius 1 is 0.742 bits per heavy atom. The number of ether oxygens (including phenoxy) is 2. The van der Waals surface area contributed by atoms with Gasteiger partial charge in [-0.25, -0.2) is 0 Å². The fraction of sp³-hybridized carbons (Fsp3) is 0.357. The molecule has 0 unspecified atom stereocenters. The van der Waals surface area contributed by atoms with E-state index < -0.39 is 5.79 Å². The number of hydrogen-bond donors (Lipinski definition) is 0. The van der Waals surface area contributed by atoms with Crippen LogP contribution < -0.4 is 0 Å². The van der Waals surface area contributed by atoms with Gasteiger partial charge in [0.15, 0.2) is 5.79 Å². The lowest BCUT2D eigenvalue weighted by Crippen LogP contribution is -2.39. The van der Waals surface area contributed by atoms with Gasteiger partial charge in [0, 0.05) is 5.92 Å². The Bertz CT molecular complexity index is 818. The van der Waals surface area contributed by atoms with Crippen LogP contribution in [0, 0.1) is 5.92 Å². The SMILES string of the molecule is CC1(C)OCC(CCCSC(c2ccccc2)(c2ccccc2)c2ccccc2)CO1. The van der Waals surface area contributed by atoms with Crippen molar-refractivity contribution in [1.82, 2.24) is 0 Å². The monoisotopic (exact) mass is 432 g/mol. The van der Waals surface area contributed by atoms with Crippen LogP contribution >= 0.6 is 11.8 Å². The first kappa shape index (κ1) is 22.1. The fourth-order valence-electron chi connectivity index (χ4n) is 4.26. The normalized spacial score (nSPS) is 16.8. The second-order valence-electron chi connectivity index (χ2n) is 8.66. The van der Waals surface area contributed by atoms with Crippen molar-refractivity contribution in [2.45, 2.75) is 37.2 Å². The molecule has 0 N–H and O–H groups in total. The molecule has 1 saturated heterocycles. The predicted octanol–water partition coefficient (Wildman–Crippen LogP) is 6.89. The first-order valence-corrected chi connectivity index (χ1v) is 12.2. The lowest BCUT2D eigenvalue weighted by atomic mass is 9.84. The lowest BCUT2D eigenvalue weighted by molar-refractivity contribution is -0.262. The third kappa shape index (κ3) is 5.23. The Morgan fingerprint density at radius 3 is 1.58 bits per heavy atom. The molecule has 0 aliphatic carbocycles. The average molecular weight is 433 g/mol. The van der Waals surface area contributed by atoms with Gasteiger partial charge in [0.2, 0.25) is 0 Å². The van der Waals surface area contributed by atoms with Crippen LogP contribution in [0.5, 0.6) is 0 Å². The molecule has 0 saturated carbocycles. The Balaban J connectivity index is 1.57. The van der Waals surface area contributed by atoms with E-state index in [2.05, 4.69) is 91.0 Å². The van der Waals surface area contributed by atoms with Crippen LogP contribution in [0.15, 0.2) is 91.0 Å². The molecule has 3 aromatic carbocycles. The molecule has 1 heterocycles. The van der Waals surface area contributed by atoms with Crippen molar-refractivity contribution in [3.8, 4) is 0 Å². The Kier molecular flexibility index (Phi) is 7.16. The van der Waals surface area contributed by atoms with Gasteiger partial charge >= 0.3 is 0 Å². The maximum absolute atomic E-state index is 5.85. The molecule has 0 aromatic heterocycles. The minimum Gasteiger partial charge on any atom is -0.350 e. The van der Waals surface area contributed by atoms with Gasteiger partial charge in [-0.3, -0.25) is 0 Å². The summed E-state index contributed by atoms with van der Waals surface area (Å²) in [5.41, 5.74) is 3.97. The van der Waals surface area contributed by atoms with E-state index in [0.717, 1.165) is 31.8 Å². The van der Waals surface area contributed by atoms with E-state index in [1.54, 1.807) is 0 Å². The standard InChI is InChI=1S/C28H32O2S/c1-27(2)29-21-23(22-30-27)13-12-20-31-28(24-14-6-3-7-15-24,25-16-8-4-9-17-25)26-18-10-5-11-19-26/h3-11,14-19,23H,12-13,20-22H2,1-2H3. The maximum atomic E-state index is 5.85. The Morgan fingerprint density at radius 2 is 1.16 bits per heavy atom. The van der Waals surface area contributed by atoms with Crippen LogP contribution in [0.25, 0.3) is 0 Å². The van der Waals surface area contributed by atoms with E-state index in [1.807, 2.05) is 25.6 Å². The summed E-state index contributed by atoms with van der Waals surface area (Å²) in [7, 11) is 0. The van der Waals surface area contributed by atoms with E-state index in [-0.39, 0.29) is 4.75 Å². The van der Waals surface area contributed by atoms with Gasteiger partial charge in [0.05, 0.1) is 18.0 Å². The highest BCUT2D eigenvalue weighted by atomic mass is 32.2. The van der Waals surface area contributed by atoms with Gasteiger partial charge < -0.3 is 9.47 Å². The second kappa shape index (κ2) is 10.0.